The zero-order valence-electron chi connectivity index (χ0n) is 13.5. The van der Waals surface area contributed by atoms with E-state index in [0.717, 1.165) is 21.7 Å². The van der Waals surface area contributed by atoms with Crippen molar-refractivity contribution in [1.82, 2.24) is 10.2 Å². The summed E-state index contributed by atoms with van der Waals surface area (Å²) < 4.78 is 11.2. The Morgan fingerprint density at radius 2 is 1.35 bits per heavy atom. The first-order valence-electron chi connectivity index (χ1n) is 8.14. The van der Waals surface area contributed by atoms with Gasteiger partial charge in [-0.25, -0.2) is 4.79 Å². The van der Waals surface area contributed by atoms with E-state index in [4.69, 9.17) is 8.83 Å². The number of nitrogens with zero attached hydrogens (tertiary/aromatic N) is 2. The summed E-state index contributed by atoms with van der Waals surface area (Å²) in [4.78, 5) is 12.3. The van der Waals surface area contributed by atoms with Crippen molar-refractivity contribution in [2.75, 3.05) is 0 Å². The fourth-order valence-electron chi connectivity index (χ4n) is 3.06. The number of benzene rings is 3. The smallest absolute Gasteiger partial charge is 0.349 e. The molecular formula is C21H12N2O3. The molecule has 0 saturated heterocycles. The first-order valence-corrected chi connectivity index (χ1v) is 8.14. The van der Waals surface area contributed by atoms with Gasteiger partial charge in [0, 0.05) is 10.9 Å². The first-order chi connectivity index (χ1) is 12.8. The molecule has 0 spiro atoms. The van der Waals surface area contributed by atoms with Crippen LogP contribution in [0.1, 0.15) is 0 Å². The van der Waals surface area contributed by atoms with Gasteiger partial charge in [0.25, 0.3) is 5.89 Å². The van der Waals surface area contributed by atoms with Gasteiger partial charge in [-0.3, -0.25) is 0 Å². The maximum Gasteiger partial charge on any atom is 0.349 e. The lowest BCUT2D eigenvalue weighted by Crippen LogP contribution is -2.02. The standard InChI is InChI=1S/C21H12N2O3/c24-21-17(12-14-7-2-4-11-18(14)25-21)20-23-22-19(26-20)16-10-5-8-13-6-1-3-9-15(13)16/h1-12H. The second kappa shape index (κ2) is 5.67. The number of hydrogen-bond donors (Lipinski definition) is 0. The van der Waals surface area contributed by atoms with Crippen LogP contribution in [0.2, 0.25) is 0 Å². The van der Waals surface area contributed by atoms with E-state index in [0.29, 0.717) is 11.5 Å². The average Bonchev–Trinajstić information content (AvgIpc) is 3.16. The van der Waals surface area contributed by atoms with Crippen LogP contribution in [-0.2, 0) is 0 Å². The number of para-hydroxylation sites is 1. The topological polar surface area (TPSA) is 69.1 Å². The predicted octanol–water partition coefficient (Wildman–Crippen LogP) is 4.66. The second-order valence-corrected chi connectivity index (χ2v) is 5.92. The summed E-state index contributed by atoms with van der Waals surface area (Å²) in [5.74, 6) is 0.511. The van der Waals surface area contributed by atoms with E-state index in [1.54, 1.807) is 12.1 Å². The molecule has 124 valence electrons. The molecule has 2 heterocycles. The fraction of sp³-hybridized carbons (Fsp3) is 0. The summed E-state index contributed by atoms with van der Waals surface area (Å²) in [7, 11) is 0. The maximum atomic E-state index is 12.3. The largest absolute Gasteiger partial charge is 0.422 e. The highest BCUT2D eigenvalue weighted by Gasteiger charge is 2.16. The molecule has 0 N–H and O–H groups in total. The van der Waals surface area contributed by atoms with Crippen molar-refractivity contribution in [1.29, 1.82) is 0 Å². The number of hydrogen-bond acceptors (Lipinski definition) is 5. The molecule has 0 unspecified atom stereocenters. The van der Waals surface area contributed by atoms with Crippen LogP contribution in [-0.4, -0.2) is 10.2 Å². The molecule has 0 aliphatic rings. The van der Waals surface area contributed by atoms with Crippen molar-refractivity contribution in [2.45, 2.75) is 0 Å². The summed E-state index contributed by atoms with van der Waals surface area (Å²) >= 11 is 0. The van der Waals surface area contributed by atoms with Gasteiger partial charge in [0.15, 0.2) is 0 Å². The van der Waals surface area contributed by atoms with Gasteiger partial charge in [-0.2, -0.15) is 0 Å². The van der Waals surface area contributed by atoms with Crippen LogP contribution in [0, 0.1) is 0 Å². The van der Waals surface area contributed by atoms with Crippen molar-refractivity contribution in [3.63, 3.8) is 0 Å². The van der Waals surface area contributed by atoms with Gasteiger partial charge >= 0.3 is 5.63 Å². The zero-order chi connectivity index (χ0) is 17.5. The van der Waals surface area contributed by atoms with E-state index in [9.17, 15) is 4.79 Å². The lowest BCUT2D eigenvalue weighted by atomic mass is 10.0. The lowest BCUT2D eigenvalue weighted by molar-refractivity contribution is 0.547. The number of aromatic nitrogens is 2. The zero-order valence-corrected chi connectivity index (χ0v) is 13.5. The van der Waals surface area contributed by atoms with Crippen molar-refractivity contribution < 1.29 is 8.83 Å². The molecule has 0 amide bonds. The van der Waals surface area contributed by atoms with Crippen LogP contribution < -0.4 is 5.63 Å². The summed E-state index contributed by atoms with van der Waals surface area (Å²) in [5.41, 5.74) is 1.10. The Hall–Kier alpha value is -3.73. The second-order valence-electron chi connectivity index (χ2n) is 5.92. The molecule has 0 aliphatic heterocycles. The van der Waals surface area contributed by atoms with Crippen molar-refractivity contribution in [2.24, 2.45) is 0 Å². The predicted molar refractivity (Wildman–Crippen MR) is 98.7 cm³/mol. The molecule has 0 fully saturated rings. The Labute approximate surface area is 147 Å². The Bertz CT molecular complexity index is 1310. The molecule has 3 aromatic carbocycles. The van der Waals surface area contributed by atoms with Gasteiger partial charge in [0.1, 0.15) is 11.1 Å². The quantitative estimate of drug-likeness (QED) is 0.437. The molecule has 0 atom stereocenters. The van der Waals surface area contributed by atoms with E-state index in [1.165, 1.54) is 0 Å². The van der Waals surface area contributed by atoms with Crippen LogP contribution in [0.5, 0.6) is 0 Å². The molecule has 0 radical (unpaired) electrons. The van der Waals surface area contributed by atoms with Gasteiger partial charge in [-0.05, 0) is 29.0 Å². The van der Waals surface area contributed by atoms with E-state index in [1.807, 2.05) is 60.7 Å². The molecule has 5 aromatic rings. The molecule has 0 saturated carbocycles. The molecule has 5 rings (SSSR count). The monoisotopic (exact) mass is 340 g/mol. The average molecular weight is 340 g/mol. The number of rotatable bonds is 2. The van der Waals surface area contributed by atoms with Crippen LogP contribution in [0.25, 0.3) is 44.7 Å². The molecule has 0 aliphatic carbocycles. The van der Waals surface area contributed by atoms with Gasteiger partial charge in [0.2, 0.25) is 5.89 Å². The summed E-state index contributed by atoms with van der Waals surface area (Å²) in [6.45, 7) is 0. The Morgan fingerprint density at radius 1 is 0.654 bits per heavy atom. The van der Waals surface area contributed by atoms with E-state index in [-0.39, 0.29) is 11.5 Å². The lowest BCUT2D eigenvalue weighted by Gasteiger charge is -2.02. The van der Waals surface area contributed by atoms with Crippen molar-refractivity contribution >= 4 is 21.7 Å². The third-order valence-electron chi connectivity index (χ3n) is 4.32. The van der Waals surface area contributed by atoms with Crippen molar-refractivity contribution in [3.8, 4) is 22.9 Å². The minimum atomic E-state index is -0.503. The highest BCUT2D eigenvalue weighted by Crippen LogP contribution is 2.29. The van der Waals surface area contributed by atoms with E-state index in [2.05, 4.69) is 10.2 Å². The Balaban J connectivity index is 1.67. The van der Waals surface area contributed by atoms with Crippen molar-refractivity contribution in [3.05, 3.63) is 83.2 Å². The first kappa shape index (κ1) is 14.6. The highest BCUT2D eigenvalue weighted by molar-refractivity contribution is 5.94. The molecule has 5 heteroatoms. The van der Waals surface area contributed by atoms with Gasteiger partial charge in [-0.15, -0.1) is 10.2 Å². The molecular weight excluding hydrogens is 328 g/mol. The van der Waals surface area contributed by atoms with E-state index >= 15 is 0 Å². The minimum Gasteiger partial charge on any atom is -0.422 e. The third kappa shape index (κ3) is 2.29. The van der Waals surface area contributed by atoms with Crippen LogP contribution in [0.3, 0.4) is 0 Å². The fourth-order valence-corrected chi connectivity index (χ4v) is 3.06. The van der Waals surface area contributed by atoms with Gasteiger partial charge < -0.3 is 8.83 Å². The van der Waals surface area contributed by atoms with Crippen LogP contribution in [0.4, 0.5) is 0 Å². The molecule has 26 heavy (non-hydrogen) atoms. The third-order valence-corrected chi connectivity index (χ3v) is 4.32. The summed E-state index contributed by atoms with van der Waals surface area (Å²) in [5, 5.41) is 11.1. The normalized spacial score (nSPS) is 11.2. The maximum absolute atomic E-state index is 12.3. The van der Waals surface area contributed by atoms with Gasteiger partial charge in [-0.1, -0.05) is 54.6 Å². The summed E-state index contributed by atoms with van der Waals surface area (Å²) in [6, 6.07) is 22.8. The van der Waals surface area contributed by atoms with Crippen LogP contribution >= 0.6 is 0 Å². The van der Waals surface area contributed by atoms with Crippen LogP contribution in [0.15, 0.2) is 86.4 Å². The summed E-state index contributed by atoms with van der Waals surface area (Å²) in [6.07, 6.45) is 0. The minimum absolute atomic E-state index is 0.146. The molecule has 2 aromatic heterocycles. The molecule has 0 bridgehead atoms. The van der Waals surface area contributed by atoms with Gasteiger partial charge in [0.05, 0.1) is 0 Å². The Kier molecular flexibility index (Phi) is 3.18. The SMILES string of the molecule is O=c1oc2ccccc2cc1-c1nnc(-c2cccc3ccccc23)o1. The highest BCUT2D eigenvalue weighted by atomic mass is 16.4. The van der Waals surface area contributed by atoms with E-state index < -0.39 is 5.63 Å². The molecule has 5 nitrogen and oxygen atoms in total. The number of fused-ring (bicyclic) bond motifs is 2. The Morgan fingerprint density at radius 3 is 2.23 bits per heavy atom.